The largest absolute Gasteiger partial charge is 0.508 e. The molecule has 1 N–H and O–H groups in total. The summed E-state index contributed by atoms with van der Waals surface area (Å²) in [6.45, 7) is 2.04. The molecule has 0 fully saturated rings. The lowest BCUT2D eigenvalue weighted by Crippen LogP contribution is -2.05. The summed E-state index contributed by atoms with van der Waals surface area (Å²) in [5.41, 5.74) is 2.05. The Morgan fingerprint density at radius 1 is 1.43 bits per heavy atom. The van der Waals surface area contributed by atoms with E-state index in [1.54, 1.807) is 12.1 Å². The van der Waals surface area contributed by atoms with Gasteiger partial charge in [0.25, 0.3) is 0 Å². The molecule has 0 aliphatic carbocycles. The van der Waals surface area contributed by atoms with Gasteiger partial charge in [0, 0.05) is 6.42 Å². The Bertz CT molecular complexity index is 334. The van der Waals surface area contributed by atoms with Crippen LogP contribution in [0.4, 0.5) is 0 Å². The molecule has 76 valence electrons. The SMILES string of the molecule is CCc1ccc(O)cc1CC(=O)CBr. The number of halogens is 1. The van der Waals surface area contributed by atoms with Gasteiger partial charge < -0.3 is 5.11 Å². The summed E-state index contributed by atoms with van der Waals surface area (Å²) in [7, 11) is 0. The quantitative estimate of drug-likeness (QED) is 0.841. The van der Waals surface area contributed by atoms with E-state index in [9.17, 15) is 9.90 Å². The summed E-state index contributed by atoms with van der Waals surface area (Å²) in [4.78, 5) is 11.2. The second kappa shape index (κ2) is 5.15. The molecule has 0 aromatic heterocycles. The second-order valence-corrected chi connectivity index (χ2v) is 3.72. The number of phenols is 1. The molecule has 0 aliphatic rings. The van der Waals surface area contributed by atoms with E-state index >= 15 is 0 Å². The number of carbonyl (C=O) groups is 1. The zero-order valence-electron chi connectivity index (χ0n) is 8.09. The summed E-state index contributed by atoms with van der Waals surface area (Å²) in [5.74, 6) is 0.352. The average Bonchev–Trinajstić information content (AvgIpc) is 2.18. The average molecular weight is 257 g/mol. The number of rotatable bonds is 4. The highest BCUT2D eigenvalue weighted by atomic mass is 79.9. The van der Waals surface area contributed by atoms with E-state index in [-0.39, 0.29) is 11.5 Å². The van der Waals surface area contributed by atoms with E-state index in [4.69, 9.17) is 0 Å². The molecule has 0 atom stereocenters. The van der Waals surface area contributed by atoms with Crippen LogP contribution in [-0.4, -0.2) is 16.2 Å². The number of benzene rings is 1. The van der Waals surface area contributed by atoms with Crippen LogP contribution in [-0.2, 0) is 17.6 Å². The van der Waals surface area contributed by atoms with Crippen LogP contribution >= 0.6 is 15.9 Å². The van der Waals surface area contributed by atoms with Gasteiger partial charge in [-0.3, -0.25) is 4.79 Å². The number of alkyl halides is 1. The fourth-order valence-electron chi connectivity index (χ4n) is 1.38. The van der Waals surface area contributed by atoms with Crippen molar-refractivity contribution in [1.29, 1.82) is 0 Å². The number of aromatic hydroxyl groups is 1. The molecule has 14 heavy (non-hydrogen) atoms. The van der Waals surface area contributed by atoms with Gasteiger partial charge in [-0.25, -0.2) is 0 Å². The fourth-order valence-corrected chi connectivity index (χ4v) is 1.58. The predicted molar refractivity (Wildman–Crippen MR) is 60.0 cm³/mol. The molecule has 0 saturated heterocycles. The standard InChI is InChI=1S/C11H13BrO2/c1-2-8-3-4-10(13)5-9(8)6-11(14)7-12/h3-5,13H,2,6-7H2,1H3. The monoisotopic (exact) mass is 256 g/mol. The highest BCUT2D eigenvalue weighted by Gasteiger charge is 2.06. The van der Waals surface area contributed by atoms with Crippen molar-refractivity contribution in [2.75, 3.05) is 5.33 Å². The predicted octanol–water partition coefficient (Wildman–Crippen LogP) is 2.46. The van der Waals surface area contributed by atoms with Gasteiger partial charge in [-0.15, -0.1) is 0 Å². The van der Waals surface area contributed by atoms with E-state index in [1.807, 2.05) is 13.0 Å². The first-order chi connectivity index (χ1) is 6.67. The van der Waals surface area contributed by atoms with Crippen LogP contribution in [0.1, 0.15) is 18.1 Å². The molecule has 1 aromatic rings. The van der Waals surface area contributed by atoms with Crippen LogP contribution in [0.3, 0.4) is 0 Å². The zero-order valence-corrected chi connectivity index (χ0v) is 9.67. The van der Waals surface area contributed by atoms with Crippen molar-refractivity contribution in [3.05, 3.63) is 29.3 Å². The number of ketones is 1. The van der Waals surface area contributed by atoms with Gasteiger partial charge in [0.2, 0.25) is 0 Å². The molecule has 0 unspecified atom stereocenters. The Hall–Kier alpha value is -0.830. The Morgan fingerprint density at radius 3 is 2.71 bits per heavy atom. The van der Waals surface area contributed by atoms with Gasteiger partial charge in [0.1, 0.15) is 11.5 Å². The van der Waals surface area contributed by atoms with Crippen LogP contribution in [0.15, 0.2) is 18.2 Å². The van der Waals surface area contributed by atoms with Gasteiger partial charge >= 0.3 is 0 Å². The fraction of sp³-hybridized carbons (Fsp3) is 0.364. The molecular formula is C11H13BrO2. The molecule has 0 radical (unpaired) electrons. The molecule has 1 rings (SSSR count). The topological polar surface area (TPSA) is 37.3 Å². The Labute approximate surface area is 92.1 Å². The molecule has 0 saturated carbocycles. The molecule has 3 heteroatoms. The number of hydrogen-bond donors (Lipinski definition) is 1. The van der Waals surface area contributed by atoms with Crippen LogP contribution in [0.5, 0.6) is 5.75 Å². The van der Waals surface area contributed by atoms with Crippen molar-refractivity contribution >= 4 is 21.7 Å². The molecule has 1 aromatic carbocycles. The minimum absolute atomic E-state index is 0.130. The first-order valence-corrected chi connectivity index (χ1v) is 5.68. The van der Waals surface area contributed by atoms with Crippen molar-refractivity contribution in [2.45, 2.75) is 19.8 Å². The lowest BCUT2D eigenvalue weighted by molar-refractivity contribution is -0.115. The normalized spacial score (nSPS) is 10.1. The maximum atomic E-state index is 11.2. The molecule has 2 nitrogen and oxygen atoms in total. The van der Waals surface area contributed by atoms with Crippen LogP contribution in [0, 0.1) is 0 Å². The molecule has 0 amide bonds. The summed E-state index contributed by atoms with van der Waals surface area (Å²) >= 11 is 3.13. The maximum absolute atomic E-state index is 11.2. The number of phenolic OH excluding ortho intramolecular Hbond substituents is 1. The molecule has 0 heterocycles. The van der Waals surface area contributed by atoms with Crippen LogP contribution in [0.2, 0.25) is 0 Å². The van der Waals surface area contributed by atoms with Crippen molar-refractivity contribution in [2.24, 2.45) is 0 Å². The molecule has 0 spiro atoms. The summed E-state index contributed by atoms with van der Waals surface area (Å²) in [5, 5.41) is 9.66. The van der Waals surface area contributed by atoms with Gasteiger partial charge in [-0.05, 0) is 29.7 Å². The smallest absolute Gasteiger partial charge is 0.147 e. The van der Waals surface area contributed by atoms with Gasteiger partial charge in [0.05, 0.1) is 5.33 Å². The van der Waals surface area contributed by atoms with E-state index in [2.05, 4.69) is 15.9 Å². The molecule has 0 aliphatic heterocycles. The third-order valence-corrected chi connectivity index (χ3v) is 2.73. The minimum atomic E-state index is 0.130. The second-order valence-electron chi connectivity index (χ2n) is 3.16. The Morgan fingerprint density at radius 2 is 2.14 bits per heavy atom. The Balaban J connectivity index is 2.93. The number of hydrogen-bond acceptors (Lipinski definition) is 2. The van der Waals surface area contributed by atoms with E-state index in [0.29, 0.717) is 11.8 Å². The molecule has 0 bridgehead atoms. The highest BCUT2D eigenvalue weighted by Crippen LogP contribution is 2.18. The lowest BCUT2D eigenvalue weighted by atomic mass is 10.0. The van der Waals surface area contributed by atoms with E-state index < -0.39 is 0 Å². The number of aryl methyl sites for hydroxylation is 1. The summed E-state index contributed by atoms with van der Waals surface area (Å²) in [6.07, 6.45) is 1.27. The van der Waals surface area contributed by atoms with Crippen LogP contribution < -0.4 is 0 Å². The number of Topliss-reactive ketones (excluding diaryl/α,β-unsaturated/α-hetero) is 1. The Kier molecular flexibility index (Phi) is 4.14. The lowest BCUT2D eigenvalue weighted by Gasteiger charge is -2.06. The third kappa shape index (κ3) is 2.84. The van der Waals surface area contributed by atoms with Crippen molar-refractivity contribution in [1.82, 2.24) is 0 Å². The first-order valence-electron chi connectivity index (χ1n) is 4.55. The first kappa shape index (κ1) is 11.2. The third-order valence-electron chi connectivity index (χ3n) is 2.11. The molecular weight excluding hydrogens is 244 g/mol. The number of carbonyl (C=O) groups excluding carboxylic acids is 1. The van der Waals surface area contributed by atoms with Crippen molar-refractivity contribution in [3.8, 4) is 5.75 Å². The summed E-state index contributed by atoms with van der Waals surface area (Å²) < 4.78 is 0. The zero-order chi connectivity index (χ0) is 10.6. The highest BCUT2D eigenvalue weighted by molar-refractivity contribution is 9.09. The van der Waals surface area contributed by atoms with Crippen molar-refractivity contribution in [3.63, 3.8) is 0 Å². The van der Waals surface area contributed by atoms with Gasteiger partial charge in [-0.2, -0.15) is 0 Å². The minimum Gasteiger partial charge on any atom is -0.508 e. The maximum Gasteiger partial charge on any atom is 0.147 e. The van der Waals surface area contributed by atoms with Crippen molar-refractivity contribution < 1.29 is 9.90 Å². The summed E-state index contributed by atoms with van der Waals surface area (Å²) in [6, 6.07) is 5.19. The van der Waals surface area contributed by atoms with Gasteiger partial charge in [0.15, 0.2) is 0 Å². The van der Waals surface area contributed by atoms with E-state index in [0.717, 1.165) is 17.5 Å². The van der Waals surface area contributed by atoms with E-state index in [1.165, 1.54) is 0 Å². The van der Waals surface area contributed by atoms with Crippen LogP contribution in [0.25, 0.3) is 0 Å². The van der Waals surface area contributed by atoms with Gasteiger partial charge in [-0.1, -0.05) is 28.9 Å².